The van der Waals surface area contributed by atoms with Crippen LogP contribution in [0.3, 0.4) is 0 Å². The van der Waals surface area contributed by atoms with Crippen LogP contribution in [0.15, 0.2) is 12.2 Å². The van der Waals surface area contributed by atoms with Crippen molar-refractivity contribution in [3.8, 4) is 0 Å². The lowest BCUT2D eigenvalue weighted by atomic mass is 10.0. The van der Waals surface area contributed by atoms with Gasteiger partial charge in [0.15, 0.2) is 0 Å². The van der Waals surface area contributed by atoms with Crippen molar-refractivity contribution in [2.75, 3.05) is 6.54 Å². The third kappa shape index (κ3) is 28.7. The van der Waals surface area contributed by atoms with Gasteiger partial charge in [-0.25, -0.2) is 0 Å². The Kier molecular flexibility index (Phi) is 31.9. The maximum absolute atomic E-state index is 12.3. The number of amides is 1. The van der Waals surface area contributed by atoms with E-state index in [4.69, 9.17) is 5.73 Å². The van der Waals surface area contributed by atoms with Crippen molar-refractivity contribution in [3.05, 3.63) is 12.2 Å². The molecule has 4 heteroatoms. The molecule has 238 valence electrons. The van der Waals surface area contributed by atoms with Crippen molar-refractivity contribution in [2.24, 2.45) is 5.73 Å². The third-order valence-corrected chi connectivity index (χ3v) is 8.33. The van der Waals surface area contributed by atoms with Crippen LogP contribution in [0.25, 0.3) is 0 Å². The van der Waals surface area contributed by atoms with E-state index in [0.717, 1.165) is 19.3 Å². The number of rotatable bonds is 32. The number of hydrogen-bond donors (Lipinski definition) is 3. The van der Waals surface area contributed by atoms with Gasteiger partial charge < -0.3 is 16.2 Å². The first kappa shape index (κ1) is 39.1. The Morgan fingerprint density at radius 1 is 0.600 bits per heavy atom. The van der Waals surface area contributed by atoms with Crippen molar-refractivity contribution in [3.63, 3.8) is 0 Å². The van der Waals surface area contributed by atoms with Gasteiger partial charge in [-0.3, -0.25) is 4.79 Å². The summed E-state index contributed by atoms with van der Waals surface area (Å²) in [5.74, 6) is 0.0166. The summed E-state index contributed by atoms with van der Waals surface area (Å²) in [6.07, 6.45) is 39.3. The predicted octanol–water partition coefficient (Wildman–Crippen LogP) is 10.3. The second-order valence-electron chi connectivity index (χ2n) is 12.4. The van der Waals surface area contributed by atoms with Gasteiger partial charge in [0, 0.05) is 13.0 Å². The molecular formula is C36H72N2O2. The highest BCUT2D eigenvalue weighted by Gasteiger charge is 2.17. The first-order valence-electron chi connectivity index (χ1n) is 18.0. The van der Waals surface area contributed by atoms with Crippen LogP contribution >= 0.6 is 0 Å². The molecule has 2 atom stereocenters. The van der Waals surface area contributed by atoms with Gasteiger partial charge in [-0.15, -0.1) is 0 Å². The summed E-state index contributed by atoms with van der Waals surface area (Å²) in [6.45, 7) is 4.81. The lowest BCUT2D eigenvalue weighted by Gasteiger charge is -2.20. The van der Waals surface area contributed by atoms with Gasteiger partial charge in [-0.1, -0.05) is 180 Å². The van der Waals surface area contributed by atoms with E-state index in [1.807, 2.05) is 6.08 Å². The summed E-state index contributed by atoms with van der Waals surface area (Å²) in [4.78, 5) is 12.3. The first-order valence-corrected chi connectivity index (χ1v) is 18.0. The molecule has 0 fully saturated rings. The molecule has 0 unspecified atom stereocenters. The van der Waals surface area contributed by atoms with Crippen LogP contribution < -0.4 is 11.1 Å². The van der Waals surface area contributed by atoms with Crippen LogP contribution in [0.5, 0.6) is 0 Å². The molecule has 0 spiro atoms. The summed E-state index contributed by atoms with van der Waals surface area (Å²) in [5, 5.41) is 13.4. The molecule has 0 aromatic heterocycles. The minimum atomic E-state index is -0.706. The Labute approximate surface area is 251 Å². The van der Waals surface area contributed by atoms with Crippen LogP contribution in [0.2, 0.25) is 0 Å². The number of allylic oxidation sites excluding steroid dienone is 1. The van der Waals surface area contributed by atoms with Crippen LogP contribution in [0, 0.1) is 0 Å². The summed E-state index contributed by atoms with van der Waals surface area (Å²) in [6, 6.07) is -0.391. The largest absolute Gasteiger partial charge is 0.387 e. The van der Waals surface area contributed by atoms with E-state index in [1.54, 1.807) is 0 Å². The number of nitrogens with one attached hydrogen (secondary N) is 1. The molecule has 0 rings (SSSR count). The molecule has 0 saturated carbocycles. The van der Waals surface area contributed by atoms with Crippen molar-refractivity contribution in [1.29, 1.82) is 0 Å². The maximum atomic E-state index is 12.3. The van der Waals surface area contributed by atoms with Crippen LogP contribution in [-0.2, 0) is 4.79 Å². The minimum Gasteiger partial charge on any atom is -0.387 e. The number of unbranched alkanes of at least 4 members (excludes halogenated alkanes) is 25. The Hall–Kier alpha value is -0.870. The molecule has 0 aromatic rings. The smallest absolute Gasteiger partial charge is 0.220 e. The molecule has 4 N–H and O–H groups in total. The van der Waals surface area contributed by atoms with Crippen LogP contribution in [-0.4, -0.2) is 29.7 Å². The molecule has 0 aliphatic rings. The van der Waals surface area contributed by atoms with Gasteiger partial charge in [0.25, 0.3) is 0 Å². The standard InChI is InChI=1S/C36H72N2O2/c1-3-5-7-9-11-13-15-17-18-20-22-24-26-28-30-32-36(40)38-34(33-37)35(39)31-29-27-25-23-21-19-16-14-12-10-8-6-4-2/h29,31,34-35,39H,3-28,30,32-33,37H2,1-2H3,(H,38,40)/b31-29+/t34-,35+/m0/s1. The fourth-order valence-corrected chi connectivity index (χ4v) is 5.52. The number of carbonyl (C=O) groups excluding carboxylic acids is 1. The number of aliphatic hydroxyl groups excluding tert-OH is 1. The lowest BCUT2D eigenvalue weighted by Crippen LogP contribution is -2.47. The van der Waals surface area contributed by atoms with E-state index < -0.39 is 12.1 Å². The molecule has 0 heterocycles. The number of hydrogen-bond acceptors (Lipinski definition) is 3. The zero-order chi connectivity index (χ0) is 29.4. The molecule has 0 radical (unpaired) electrons. The molecule has 0 aromatic carbocycles. The zero-order valence-electron chi connectivity index (χ0n) is 27.2. The fourth-order valence-electron chi connectivity index (χ4n) is 5.52. The second-order valence-corrected chi connectivity index (χ2v) is 12.4. The predicted molar refractivity (Wildman–Crippen MR) is 177 cm³/mol. The van der Waals surface area contributed by atoms with Gasteiger partial charge in [-0.2, -0.15) is 0 Å². The van der Waals surface area contributed by atoms with Crippen molar-refractivity contribution < 1.29 is 9.90 Å². The molecule has 40 heavy (non-hydrogen) atoms. The highest BCUT2D eigenvalue weighted by molar-refractivity contribution is 5.76. The Balaban J connectivity index is 3.60. The fraction of sp³-hybridized carbons (Fsp3) is 0.917. The van der Waals surface area contributed by atoms with E-state index in [2.05, 4.69) is 25.2 Å². The van der Waals surface area contributed by atoms with E-state index >= 15 is 0 Å². The van der Waals surface area contributed by atoms with E-state index in [-0.39, 0.29) is 12.5 Å². The van der Waals surface area contributed by atoms with E-state index in [0.29, 0.717) is 6.42 Å². The number of nitrogens with two attached hydrogens (primary N) is 1. The SMILES string of the molecule is CCCCCCCCCCCCC/C=C/[C@@H](O)[C@H](CN)NC(=O)CCCCCCCCCCCCCCCCC. The average Bonchev–Trinajstić information content (AvgIpc) is 2.96. The summed E-state index contributed by atoms with van der Waals surface area (Å²) < 4.78 is 0. The third-order valence-electron chi connectivity index (χ3n) is 8.33. The number of carbonyl (C=O) groups is 1. The molecule has 0 bridgehead atoms. The van der Waals surface area contributed by atoms with E-state index in [9.17, 15) is 9.90 Å². The highest BCUT2D eigenvalue weighted by Crippen LogP contribution is 2.14. The normalized spacial score (nSPS) is 13.2. The summed E-state index contributed by atoms with van der Waals surface area (Å²) >= 11 is 0. The minimum absolute atomic E-state index is 0.0166. The lowest BCUT2D eigenvalue weighted by molar-refractivity contribution is -0.122. The monoisotopic (exact) mass is 565 g/mol. The van der Waals surface area contributed by atoms with Crippen molar-refractivity contribution in [2.45, 2.75) is 206 Å². The molecule has 0 saturated heterocycles. The van der Waals surface area contributed by atoms with E-state index in [1.165, 1.54) is 154 Å². The van der Waals surface area contributed by atoms with Crippen LogP contribution in [0.1, 0.15) is 194 Å². The van der Waals surface area contributed by atoms with Crippen molar-refractivity contribution in [1.82, 2.24) is 5.32 Å². The highest BCUT2D eigenvalue weighted by atomic mass is 16.3. The second kappa shape index (κ2) is 32.6. The molecule has 0 aliphatic heterocycles. The Morgan fingerprint density at radius 2 is 0.950 bits per heavy atom. The van der Waals surface area contributed by atoms with Gasteiger partial charge >= 0.3 is 0 Å². The van der Waals surface area contributed by atoms with Crippen LogP contribution in [0.4, 0.5) is 0 Å². The quantitative estimate of drug-likeness (QED) is 0.0562. The number of aliphatic hydroxyl groups is 1. The molecular weight excluding hydrogens is 492 g/mol. The van der Waals surface area contributed by atoms with Gasteiger partial charge in [0.1, 0.15) is 0 Å². The molecule has 4 nitrogen and oxygen atoms in total. The molecule has 1 amide bonds. The summed E-state index contributed by atoms with van der Waals surface area (Å²) in [7, 11) is 0. The topological polar surface area (TPSA) is 75.3 Å². The van der Waals surface area contributed by atoms with Gasteiger partial charge in [-0.05, 0) is 19.3 Å². The first-order chi connectivity index (χ1) is 19.7. The van der Waals surface area contributed by atoms with Crippen molar-refractivity contribution >= 4 is 5.91 Å². The zero-order valence-corrected chi connectivity index (χ0v) is 27.2. The average molecular weight is 565 g/mol. The van der Waals surface area contributed by atoms with Gasteiger partial charge in [0.05, 0.1) is 12.1 Å². The molecule has 0 aliphatic carbocycles. The summed E-state index contributed by atoms with van der Waals surface area (Å²) in [5.41, 5.74) is 5.84. The Morgan fingerprint density at radius 3 is 1.32 bits per heavy atom. The maximum Gasteiger partial charge on any atom is 0.220 e. The van der Waals surface area contributed by atoms with Gasteiger partial charge in [0.2, 0.25) is 5.91 Å². The Bertz CT molecular complexity index is 537.